The lowest BCUT2D eigenvalue weighted by molar-refractivity contribution is -0.144. The first-order valence-corrected chi connectivity index (χ1v) is 8.17. The first-order chi connectivity index (χ1) is 10.1. The van der Waals surface area contributed by atoms with Crippen LogP contribution in [0.3, 0.4) is 0 Å². The van der Waals surface area contributed by atoms with Crippen molar-refractivity contribution in [2.75, 3.05) is 6.54 Å². The van der Waals surface area contributed by atoms with Crippen LogP contribution in [0.5, 0.6) is 0 Å². The molecule has 3 rings (SSSR count). The standard InChI is InChI=1S/C18H25NO2/c1-13(18(20)21)15-11-16-7-8-17(12-15)19(16)10-9-14-5-3-2-4-6-14/h2-6,13,15-17H,7-12H2,1H3,(H,20,21)/t13?,15?,16-,17?/m0/s1. The highest BCUT2D eigenvalue weighted by atomic mass is 16.4. The third-order valence-corrected chi connectivity index (χ3v) is 5.52. The van der Waals surface area contributed by atoms with Gasteiger partial charge in [0.05, 0.1) is 5.92 Å². The van der Waals surface area contributed by atoms with Gasteiger partial charge in [-0.15, -0.1) is 0 Å². The summed E-state index contributed by atoms with van der Waals surface area (Å²) < 4.78 is 0. The number of hydrogen-bond acceptors (Lipinski definition) is 2. The maximum Gasteiger partial charge on any atom is 0.306 e. The molecule has 2 fully saturated rings. The van der Waals surface area contributed by atoms with Gasteiger partial charge in [0.1, 0.15) is 0 Å². The van der Waals surface area contributed by atoms with Crippen molar-refractivity contribution >= 4 is 5.97 Å². The highest BCUT2D eigenvalue weighted by molar-refractivity contribution is 5.69. The van der Waals surface area contributed by atoms with Crippen LogP contribution in [0, 0.1) is 11.8 Å². The fourth-order valence-electron chi connectivity index (χ4n) is 4.19. The second-order valence-electron chi connectivity index (χ2n) is 6.72. The van der Waals surface area contributed by atoms with E-state index in [2.05, 4.69) is 35.2 Å². The molecule has 1 N–H and O–H groups in total. The monoisotopic (exact) mass is 287 g/mol. The summed E-state index contributed by atoms with van der Waals surface area (Å²) in [6, 6.07) is 11.9. The van der Waals surface area contributed by atoms with Crippen LogP contribution in [0.4, 0.5) is 0 Å². The first kappa shape index (κ1) is 14.6. The van der Waals surface area contributed by atoms with Crippen molar-refractivity contribution in [2.45, 2.75) is 51.1 Å². The number of carbonyl (C=O) groups is 1. The average Bonchev–Trinajstić information content (AvgIpc) is 2.73. The van der Waals surface area contributed by atoms with Gasteiger partial charge in [0.15, 0.2) is 0 Å². The Balaban J connectivity index is 1.59. The molecule has 2 bridgehead atoms. The van der Waals surface area contributed by atoms with Gasteiger partial charge in [-0.2, -0.15) is 0 Å². The van der Waals surface area contributed by atoms with E-state index < -0.39 is 5.97 Å². The van der Waals surface area contributed by atoms with Crippen LogP contribution in [0.2, 0.25) is 0 Å². The van der Waals surface area contributed by atoms with Gasteiger partial charge in [-0.05, 0) is 43.6 Å². The molecule has 2 heterocycles. The fourth-order valence-corrected chi connectivity index (χ4v) is 4.19. The molecule has 0 radical (unpaired) electrons. The number of rotatable bonds is 5. The van der Waals surface area contributed by atoms with E-state index in [1.54, 1.807) is 0 Å². The molecule has 2 saturated heterocycles. The number of hydrogen-bond donors (Lipinski definition) is 1. The molecule has 3 unspecified atom stereocenters. The van der Waals surface area contributed by atoms with Gasteiger partial charge in [0.25, 0.3) is 0 Å². The van der Waals surface area contributed by atoms with Gasteiger partial charge in [-0.3, -0.25) is 9.69 Å². The fraction of sp³-hybridized carbons (Fsp3) is 0.611. The van der Waals surface area contributed by atoms with Gasteiger partial charge in [-0.1, -0.05) is 37.3 Å². The Kier molecular flexibility index (Phi) is 4.29. The summed E-state index contributed by atoms with van der Waals surface area (Å²) in [5.74, 6) is -0.450. The lowest BCUT2D eigenvalue weighted by atomic mass is 9.81. The molecular weight excluding hydrogens is 262 g/mol. The topological polar surface area (TPSA) is 40.5 Å². The van der Waals surface area contributed by atoms with E-state index in [4.69, 9.17) is 0 Å². The number of fused-ring (bicyclic) bond motifs is 2. The maximum atomic E-state index is 11.2. The maximum absolute atomic E-state index is 11.2. The molecule has 21 heavy (non-hydrogen) atoms. The van der Waals surface area contributed by atoms with E-state index in [0.29, 0.717) is 18.0 Å². The highest BCUT2D eigenvalue weighted by Gasteiger charge is 2.42. The molecule has 0 aromatic heterocycles. The first-order valence-electron chi connectivity index (χ1n) is 8.17. The lowest BCUT2D eigenvalue weighted by Gasteiger charge is -2.40. The number of nitrogens with zero attached hydrogens (tertiary/aromatic N) is 1. The molecular formula is C18H25NO2. The van der Waals surface area contributed by atoms with Crippen molar-refractivity contribution in [3.63, 3.8) is 0 Å². The molecule has 3 nitrogen and oxygen atoms in total. The van der Waals surface area contributed by atoms with Gasteiger partial charge in [-0.25, -0.2) is 0 Å². The predicted octanol–water partition coefficient (Wildman–Crippen LogP) is 3.19. The Bertz CT molecular complexity index is 473. The van der Waals surface area contributed by atoms with Gasteiger partial charge < -0.3 is 5.11 Å². The molecule has 0 saturated carbocycles. The van der Waals surface area contributed by atoms with Crippen molar-refractivity contribution in [3.05, 3.63) is 35.9 Å². The molecule has 0 spiro atoms. The smallest absolute Gasteiger partial charge is 0.306 e. The Morgan fingerprint density at radius 1 is 1.24 bits per heavy atom. The number of carboxylic acid groups (broad SMARTS) is 1. The summed E-state index contributed by atoms with van der Waals surface area (Å²) in [6.45, 7) is 3.00. The zero-order valence-electron chi connectivity index (χ0n) is 12.7. The van der Waals surface area contributed by atoms with Crippen molar-refractivity contribution in [3.8, 4) is 0 Å². The predicted molar refractivity (Wildman–Crippen MR) is 83.2 cm³/mol. The molecule has 1 aromatic rings. The van der Waals surface area contributed by atoms with E-state index in [1.807, 2.05) is 6.92 Å². The minimum Gasteiger partial charge on any atom is -0.481 e. The van der Waals surface area contributed by atoms with Crippen molar-refractivity contribution in [1.82, 2.24) is 4.90 Å². The Morgan fingerprint density at radius 3 is 2.43 bits per heavy atom. The zero-order chi connectivity index (χ0) is 14.8. The average molecular weight is 287 g/mol. The van der Waals surface area contributed by atoms with Crippen LogP contribution >= 0.6 is 0 Å². The highest BCUT2D eigenvalue weighted by Crippen LogP contribution is 2.41. The van der Waals surface area contributed by atoms with Crippen LogP contribution in [0.1, 0.15) is 38.2 Å². The largest absolute Gasteiger partial charge is 0.481 e. The summed E-state index contributed by atoms with van der Waals surface area (Å²) >= 11 is 0. The van der Waals surface area contributed by atoms with E-state index >= 15 is 0 Å². The zero-order valence-corrected chi connectivity index (χ0v) is 12.7. The minimum atomic E-state index is -0.628. The normalized spacial score (nSPS) is 30.2. The van der Waals surface area contributed by atoms with Crippen LogP contribution in [0.25, 0.3) is 0 Å². The molecule has 114 valence electrons. The summed E-state index contributed by atoms with van der Waals surface area (Å²) in [4.78, 5) is 13.9. The number of benzene rings is 1. The van der Waals surface area contributed by atoms with Crippen molar-refractivity contribution < 1.29 is 9.90 Å². The Hall–Kier alpha value is -1.35. The summed E-state index contributed by atoms with van der Waals surface area (Å²) in [6.07, 6.45) is 5.75. The van der Waals surface area contributed by atoms with Crippen molar-refractivity contribution in [1.29, 1.82) is 0 Å². The van der Waals surface area contributed by atoms with Crippen LogP contribution in [0.15, 0.2) is 30.3 Å². The third kappa shape index (κ3) is 3.13. The number of piperidine rings is 1. The third-order valence-electron chi connectivity index (χ3n) is 5.52. The molecule has 0 amide bonds. The molecule has 0 aliphatic carbocycles. The van der Waals surface area contributed by atoms with Crippen LogP contribution in [-0.4, -0.2) is 34.6 Å². The Labute approximate surface area is 127 Å². The SMILES string of the molecule is CC(C(=O)O)C1CC2CC[C@@H](C1)N2CCc1ccccc1. The van der Waals surface area contributed by atoms with E-state index in [1.165, 1.54) is 18.4 Å². The number of aliphatic carboxylic acids is 1. The van der Waals surface area contributed by atoms with E-state index in [0.717, 1.165) is 25.8 Å². The summed E-state index contributed by atoms with van der Waals surface area (Å²) in [5.41, 5.74) is 1.40. The molecule has 4 atom stereocenters. The quantitative estimate of drug-likeness (QED) is 0.904. The van der Waals surface area contributed by atoms with E-state index in [-0.39, 0.29) is 5.92 Å². The van der Waals surface area contributed by atoms with Gasteiger partial charge in [0, 0.05) is 18.6 Å². The molecule has 2 aliphatic rings. The summed E-state index contributed by atoms with van der Waals surface area (Å²) in [5, 5.41) is 9.23. The van der Waals surface area contributed by atoms with Crippen LogP contribution < -0.4 is 0 Å². The van der Waals surface area contributed by atoms with Crippen molar-refractivity contribution in [2.24, 2.45) is 11.8 Å². The second kappa shape index (κ2) is 6.18. The van der Waals surface area contributed by atoms with Crippen LogP contribution in [-0.2, 0) is 11.2 Å². The lowest BCUT2D eigenvalue weighted by Crippen LogP contribution is -2.45. The van der Waals surface area contributed by atoms with Gasteiger partial charge >= 0.3 is 5.97 Å². The second-order valence-corrected chi connectivity index (χ2v) is 6.72. The molecule has 1 aromatic carbocycles. The van der Waals surface area contributed by atoms with Gasteiger partial charge in [0.2, 0.25) is 0 Å². The Morgan fingerprint density at radius 2 is 1.86 bits per heavy atom. The summed E-state index contributed by atoms with van der Waals surface area (Å²) in [7, 11) is 0. The van der Waals surface area contributed by atoms with E-state index in [9.17, 15) is 9.90 Å². The molecule has 3 heteroatoms. The number of carboxylic acids is 1. The minimum absolute atomic E-state index is 0.190. The molecule has 2 aliphatic heterocycles.